The Labute approximate surface area is 119 Å². The molecule has 0 aliphatic rings. The summed E-state index contributed by atoms with van der Waals surface area (Å²) in [7, 11) is 2.03. The van der Waals surface area contributed by atoms with Crippen LogP contribution in [0.1, 0.15) is 23.9 Å². The molecule has 0 saturated carbocycles. The Morgan fingerprint density at radius 1 is 1.20 bits per heavy atom. The van der Waals surface area contributed by atoms with Crippen molar-refractivity contribution in [1.82, 2.24) is 9.97 Å². The zero-order valence-corrected chi connectivity index (χ0v) is 12.2. The molecule has 2 aromatic rings. The third-order valence-electron chi connectivity index (χ3n) is 3.24. The molecule has 1 heterocycles. The molecule has 0 radical (unpaired) electrons. The van der Waals surface area contributed by atoms with Crippen LogP contribution in [0, 0.1) is 6.92 Å². The van der Waals surface area contributed by atoms with Gasteiger partial charge in [-0.05, 0) is 12.5 Å². The monoisotopic (exact) mass is 271 g/mol. The van der Waals surface area contributed by atoms with E-state index in [0.29, 0.717) is 5.82 Å². The summed E-state index contributed by atoms with van der Waals surface area (Å²) in [6.07, 6.45) is 0.779. The number of anilines is 2. The van der Waals surface area contributed by atoms with Gasteiger partial charge < -0.3 is 10.3 Å². The number of nitrogens with one attached hydrogen (secondary N) is 1. The van der Waals surface area contributed by atoms with E-state index in [2.05, 4.69) is 32.4 Å². The summed E-state index contributed by atoms with van der Waals surface area (Å²) in [6, 6.07) is 10.3. The van der Waals surface area contributed by atoms with Gasteiger partial charge in [-0.15, -0.1) is 0 Å². The fourth-order valence-corrected chi connectivity index (χ4v) is 2.15. The van der Waals surface area contributed by atoms with Crippen LogP contribution < -0.4 is 16.2 Å². The highest BCUT2D eigenvalue weighted by Crippen LogP contribution is 2.23. The normalized spacial score (nSPS) is 10.4. The van der Waals surface area contributed by atoms with E-state index in [1.165, 1.54) is 5.56 Å². The van der Waals surface area contributed by atoms with Crippen molar-refractivity contribution in [3.63, 3.8) is 0 Å². The third-order valence-corrected chi connectivity index (χ3v) is 3.24. The van der Waals surface area contributed by atoms with Crippen molar-refractivity contribution in [2.75, 3.05) is 17.4 Å². The summed E-state index contributed by atoms with van der Waals surface area (Å²) < 4.78 is 0. The molecule has 0 unspecified atom stereocenters. The van der Waals surface area contributed by atoms with Gasteiger partial charge in [0.1, 0.15) is 17.5 Å². The molecular weight excluding hydrogens is 250 g/mol. The summed E-state index contributed by atoms with van der Waals surface area (Å²) in [5.41, 5.74) is 4.86. The number of hydrogen-bond acceptors (Lipinski definition) is 5. The van der Waals surface area contributed by atoms with Crippen molar-refractivity contribution in [2.45, 2.75) is 26.8 Å². The van der Waals surface area contributed by atoms with Crippen LogP contribution >= 0.6 is 0 Å². The lowest BCUT2D eigenvalue weighted by Crippen LogP contribution is -2.22. The number of benzene rings is 1. The van der Waals surface area contributed by atoms with E-state index in [-0.39, 0.29) is 0 Å². The van der Waals surface area contributed by atoms with Crippen molar-refractivity contribution in [2.24, 2.45) is 5.84 Å². The first kappa shape index (κ1) is 14.3. The number of hydrogen-bond donors (Lipinski definition) is 2. The minimum absolute atomic E-state index is 0.687. The van der Waals surface area contributed by atoms with Gasteiger partial charge in [0.25, 0.3) is 0 Å². The maximum Gasteiger partial charge on any atom is 0.148 e. The highest BCUT2D eigenvalue weighted by Gasteiger charge is 2.13. The zero-order valence-electron chi connectivity index (χ0n) is 12.2. The topological polar surface area (TPSA) is 67.1 Å². The van der Waals surface area contributed by atoms with E-state index >= 15 is 0 Å². The molecule has 5 heteroatoms. The average Bonchev–Trinajstić information content (AvgIpc) is 2.48. The predicted molar refractivity (Wildman–Crippen MR) is 82.5 cm³/mol. The lowest BCUT2D eigenvalue weighted by molar-refractivity contribution is 0.849. The number of rotatable bonds is 5. The number of nitrogen functional groups attached to an aromatic ring is 1. The third kappa shape index (κ3) is 3.05. The molecular formula is C15H21N5. The first-order valence-corrected chi connectivity index (χ1v) is 6.75. The van der Waals surface area contributed by atoms with Gasteiger partial charge in [-0.2, -0.15) is 0 Å². The largest absolute Gasteiger partial charge is 0.355 e. The minimum atomic E-state index is 0.687. The highest BCUT2D eigenvalue weighted by molar-refractivity contribution is 5.58. The Bertz CT molecular complexity index is 568. The second-order valence-corrected chi connectivity index (χ2v) is 4.78. The molecule has 106 valence electrons. The van der Waals surface area contributed by atoms with Gasteiger partial charge in [-0.25, -0.2) is 15.8 Å². The van der Waals surface area contributed by atoms with Crippen LogP contribution in [0.15, 0.2) is 30.3 Å². The van der Waals surface area contributed by atoms with E-state index in [1.54, 1.807) is 0 Å². The second-order valence-electron chi connectivity index (χ2n) is 4.78. The molecule has 0 fully saturated rings. The van der Waals surface area contributed by atoms with Gasteiger partial charge in [-0.1, -0.05) is 37.3 Å². The first-order valence-electron chi connectivity index (χ1n) is 6.75. The van der Waals surface area contributed by atoms with E-state index < -0.39 is 0 Å². The quantitative estimate of drug-likeness (QED) is 0.645. The van der Waals surface area contributed by atoms with Crippen LogP contribution in [0.2, 0.25) is 0 Å². The second kappa shape index (κ2) is 6.34. The lowest BCUT2D eigenvalue weighted by atomic mass is 10.2. The first-order chi connectivity index (χ1) is 9.65. The maximum atomic E-state index is 5.54. The van der Waals surface area contributed by atoms with Gasteiger partial charge in [-0.3, -0.25) is 0 Å². The van der Waals surface area contributed by atoms with Crippen molar-refractivity contribution in [3.8, 4) is 0 Å². The van der Waals surface area contributed by atoms with Gasteiger partial charge in [0, 0.05) is 25.6 Å². The van der Waals surface area contributed by atoms with Crippen molar-refractivity contribution >= 4 is 11.6 Å². The van der Waals surface area contributed by atoms with Crippen molar-refractivity contribution < 1.29 is 0 Å². The maximum absolute atomic E-state index is 5.54. The Morgan fingerprint density at radius 3 is 2.50 bits per heavy atom. The molecule has 0 amide bonds. The van der Waals surface area contributed by atoms with Crippen LogP contribution in [-0.4, -0.2) is 17.0 Å². The molecule has 5 nitrogen and oxygen atoms in total. The number of nitrogens with zero attached hydrogens (tertiary/aromatic N) is 3. The number of aromatic nitrogens is 2. The molecule has 1 aromatic carbocycles. The van der Waals surface area contributed by atoms with Crippen LogP contribution in [0.25, 0.3) is 0 Å². The van der Waals surface area contributed by atoms with Gasteiger partial charge in [0.05, 0.1) is 0 Å². The van der Waals surface area contributed by atoms with Crippen LogP contribution in [0.5, 0.6) is 0 Å². The molecule has 0 aliphatic carbocycles. The van der Waals surface area contributed by atoms with Gasteiger partial charge in [0.15, 0.2) is 0 Å². The minimum Gasteiger partial charge on any atom is -0.355 e. The standard InChI is InChI=1S/C15H21N5/c1-4-13-17-14(19-16)11(2)15(18-13)20(3)10-12-8-6-5-7-9-12/h5-9H,4,10,16H2,1-3H3,(H,17,18,19). The predicted octanol–water partition coefficient (Wildman–Crippen LogP) is 2.27. The van der Waals surface area contributed by atoms with Gasteiger partial charge >= 0.3 is 0 Å². The molecule has 0 bridgehead atoms. The molecule has 1 aromatic heterocycles. The van der Waals surface area contributed by atoms with E-state index in [4.69, 9.17) is 5.84 Å². The van der Waals surface area contributed by atoms with Crippen molar-refractivity contribution in [1.29, 1.82) is 0 Å². The van der Waals surface area contributed by atoms with Crippen molar-refractivity contribution in [3.05, 3.63) is 47.3 Å². The molecule has 0 spiro atoms. The van der Waals surface area contributed by atoms with Crippen LogP contribution in [-0.2, 0) is 13.0 Å². The lowest BCUT2D eigenvalue weighted by Gasteiger charge is -2.22. The Kier molecular flexibility index (Phi) is 4.53. The average molecular weight is 271 g/mol. The summed E-state index contributed by atoms with van der Waals surface area (Å²) >= 11 is 0. The Morgan fingerprint density at radius 2 is 1.90 bits per heavy atom. The van der Waals surface area contributed by atoms with E-state index in [0.717, 1.165) is 30.2 Å². The van der Waals surface area contributed by atoms with Crippen LogP contribution in [0.3, 0.4) is 0 Å². The van der Waals surface area contributed by atoms with E-state index in [9.17, 15) is 0 Å². The SMILES string of the molecule is CCc1nc(NN)c(C)c(N(C)Cc2ccccc2)n1. The molecule has 20 heavy (non-hydrogen) atoms. The molecule has 3 N–H and O–H groups in total. The molecule has 2 rings (SSSR count). The highest BCUT2D eigenvalue weighted by atomic mass is 15.3. The summed E-state index contributed by atoms with van der Waals surface area (Å²) in [4.78, 5) is 11.1. The van der Waals surface area contributed by atoms with Gasteiger partial charge in [0.2, 0.25) is 0 Å². The summed E-state index contributed by atoms with van der Waals surface area (Å²) in [5, 5.41) is 0. The van der Waals surface area contributed by atoms with E-state index in [1.807, 2.05) is 39.1 Å². The van der Waals surface area contributed by atoms with Crippen LogP contribution in [0.4, 0.5) is 11.6 Å². The fourth-order valence-electron chi connectivity index (χ4n) is 2.15. The number of aryl methyl sites for hydroxylation is 1. The Balaban J connectivity index is 2.31. The molecule has 0 atom stereocenters. The fraction of sp³-hybridized carbons (Fsp3) is 0.333. The molecule has 0 saturated heterocycles. The summed E-state index contributed by atoms with van der Waals surface area (Å²) in [5.74, 6) is 7.92. The summed E-state index contributed by atoms with van der Waals surface area (Å²) in [6.45, 7) is 4.81. The molecule has 0 aliphatic heterocycles. The number of hydrazine groups is 1. The Hall–Kier alpha value is -2.14. The zero-order chi connectivity index (χ0) is 14.5. The number of nitrogens with two attached hydrogens (primary N) is 1. The smallest absolute Gasteiger partial charge is 0.148 e.